The maximum absolute atomic E-state index is 11.8. The molecule has 0 bridgehead atoms. The zero-order valence-electron chi connectivity index (χ0n) is 12.7. The molecule has 1 aromatic carbocycles. The average Bonchev–Trinajstić information content (AvgIpc) is 2.44. The van der Waals surface area contributed by atoms with Crippen molar-refractivity contribution < 1.29 is 9.53 Å². The Morgan fingerprint density at radius 2 is 2.00 bits per heavy atom. The number of amides is 1. The molecule has 0 aliphatic carbocycles. The van der Waals surface area contributed by atoms with Crippen LogP contribution in [0.1, 0.15) is 38.7 Å². The van der Waals surface area contributed by atoms with Crippen molar-refractivity contribution in [3.63, 3.8) is 0 Å². The van der Waals surface area contributed by atoms with Gasteiger partial charge in [0, 0.05) is 0 Å². The van der Waals surface area contributed by atoms with Crippen molar-refractivity contribution in [2.24, 2.45) is 5.73 Å². The highest BCUT2D eigenvalue weighted by atomic mass is 16.5. The molecule has 3 N–H and O–H groups in total. The lowest BCUT2D eigenvalue weighted by Gasteiger charge is -2.18. The molecule has 2 unspecified atom stereocenters. The molecule has 112 valence electrons. The minimum atomic E-state index is -0.420. The number of carbonyl (C=O) groups is 1. The van der Waals surface area contributed by atoms with Gasteiger partial charge in [-0.1, -0.05) is 37.5 Å². The van der Waals surface area contributed by atoms with E-state index in [9.17, 15) is 4.79 Å². The smallest absolute Gasteiger partial charge is 0.237 e. The van der Waals surface area contributed by atoms with Gasteiger partial charge in [0.15, 0.2) is 0 Å². The number of aryl methyl sites for hydroxylation is 1. The number of ether oxygens (including phenoxy) is 1. The fraction of sp³-hybridized carbons (Fsp3) is 0.562. The molecule has 4 heteroatoms. The normalized spacial score (nSPS) is 13.6. The van der Waals surface area contributed by atoms with Gasteiger partial charge in [-0.15, -0.1) is 0 Å². The standard InChI is InChI=1S/C16H26N2O2/c1-4-5-6-15(17)16(19)18-13(3)11-20-14-9-7-12(2)8-10-14/h7-10,13,15H,4-6,11,17H2,1-3H3,(H,18,19). The number of rotatable bonds is 8. The van der Waals surface area contributed by atoms with Gasteiger partial charge in [0.05, 0.1) is 12.1 Å². The molecule has 0 saturated heterocycles. The minimum Gasteiger partial charge on any atom is -0.491 e. The van der Waals surface area contributed by atoms with E-state index in [2.05, 4.69) is 12.2 Å². The number of benzene rings is 1. The van der Waals surface area contributed by atoms with Gasteiger partial charge in [0.2, 0.25) is 5.91 Å². The summed E-state index contributed by atoms with van der Waals surface area (Å²) in [6.45, 7) is 6.47. The number of hydrogen-bond donors (Lipinski definition) is 2. The lowest BCUT2D eigenvalue weighted by atomic mass is 10.1. The van der Waals surface area contributed by atoms with E-state index in [1.807, 2.05) is 38.1 Å². The Kier molecular flexibility index (Phi) is 7.09. The van der Waals surface area contributed by atoms with Crippen LogP contribution >= 0.6 is 0 Å². The van der Waals surface area contributed by atoms with Crippen LogP contribution in [0.25, 0.3) is 0 Å². The summed E-state index contributed by atoms with van der Waals surface area (Å²) in [7, 11) is 0. The molecule has 1 amide bonds. The summed E-state index contributed by atoms with van der Waals surface area (Å²) in [6, 6.07) is 7.37. The lowest BCUT2D eigenvalue weighted by molar-refractivity contribution is -0.123. The second kappa shape index (κ2) is 8.59. The highest BCUT2D eigenvalue weighted by molar-refractivity contribution is 5.81. The summed E-state index contributed by atoms with van der Waals surface area (Å²) in [5, 5.41) is 2.88. The van der Waals surface area contributed by atoms with E-state index in [4.69, 9.17) is 10.5 Å². The Morgan fingerprint density at radius 3 is 2.60 bits per heavy atom. The minimum absolute atomic E-state index is 0.0588. The molecule has 0 spiro atoms. The monoisotopic (exact) mass is 278 g/mol. The second-order valence-electron chi connectivity index (χ2n) is 5.28. The summed E-state index contributed by atoms with van der Waals surface area (Å²) in [5.74, 6) is 0.713. The molecule has 1 rings (SSSR count). The molecular weight excluding hydrogens is 252 g/mol. The van der Waals surface area contributed by atoms with Gasteiger partial charge in [-0.3, -0.25) is 4.79 Å². The van der Waals surface area contributed by atoms with E-state index in [1.54, 1.807) is 0 Å². The first kappa shape index (κ1) is 16.5. The van der Waals surface area contributed by atoms with Crippen LogP contribution in [-0.2, 0) is 4.79 Å². The fourth-order valence-corrected chi connectivity index (χ4v) is 1.80. The Morgan fingerprint density at radius 1 is 1.35 bits per heavy atom. The van der Waals surface area contributed by atoms with Gasteiger partial charge in [0.25, 0.3) is 0 Å². The van der Waals surface area contributed by atoms with Crippen LogP contribution < -0.4 is 15.8 Å². The van der Waals surface area contributed by atoms with Crippen LogP contribution in [0.2, 0.25) is 0 Å². The second-order valence-corrected chi connectivity index (χ2v) is 5.28. The summed E-state index contributed by atoms with van der Waals surface area (Å²) < 4.78 is 5.63. The largest absolute Gasteiger partial charge is 0.491 e. The number of nitrogens with one attached hydrogen (secondary N) is 1. The first-order valence-electron chi connectivity index (χ1n) is 7.28. The van der Waals surface area contributed by atoms with Gasteiger partial charge in [0.1, 0.15) is 12.4 Å². The van der Waals surface area contributed by atoms with Crippen LogP contribution in [0, 0.1) is 6.92 Å². The Hall–Kier alpha value is -1.55. The topological polar surface area (TPSA) is 64.4 Å². The van der Waals surface area contributed by atoms with E-state index < -0.39 is 6.04 Å². The highest BCUT2D eigenvalue weighted by Gasteiger charge is 2.15. The van der Waals surface area contributed by atoms with Crippen LogP contribution in [0.3, 0.4) is 0 Å². The maximum atomic E-state index is 11.8. The average molecular weight is 278 g/mol. The molecule has 2 atom stereocenters. The van der Waals surface area contributed by atoms with Crippen LogP contribution in [0.15, 0.2) is 24.3 Å². The molecule has 0 heterocycles. The zero-order valence-corrected chi connectivity index (χ0v) is 12.7. The van der Waals surface area contributed by atoms with Crippen LogP contribution in [0.5, 0.6) is 5.75 Å². The van der Waals surface area contributed by atoms with Crippen molar-refractivity contribution in [3.8, 4) is 5.75 Å². The fourth-order valence-electron chi connectivity index (χ4n) is 1.80. The van der Waals surface area contributed by atoms with Crippen molar-refractivity contribution >= 4 is 5.91 Å². The third kappa shape index (κ3) is 6.06. The van der Waals surface area contributed by atoms with Crippen LogP contribution in [0.4, 0.5) is 0 Å². The maximum Gasteiger partial charge on any atom is 0.237 e. The summed E-state index contributed by atoms with van der Waals surface area (Å²) in [5.41, 5.74) is 7.02. The molecule has 0 aromatic heterocycles. The van der Waals surface area contributed by atoms with Gasteiger partial charge >= 0.3 is 0 Å². The van der Waals surface area contributed by atoms with Crippen molar-refractivity contribution in [1.82, 2.24) is 5.32 Å². The van der Waals surface area contributed by atoms with Crippen molar-refractivity contribution in [2.45, 2.75) is 52.1 Å². The molecular formula is C16H26N2O2. The van der Waals surface area contributed by atoms with Crippen LogP contribution in [-0.4, -0.2) is 24.6 Å². The predicted molar refractivity (Wildman–Crippen MR) is 81.8 cm³/mol. The lowest BCUT2D eigenvalue weighted by Crippen LogP contribution is -2.46. The Bertz CT molecular complexity index is 403. The molecule has 0 fully saturated rings. The zero-order chi connectivity index (χ0) is 15.0. The molecule has 1 aromatic rings. The number of hydrogen-bond acceptors (Lipinski definition) is 3. The summed E-state index contributed by atoms with van der Waals surface area (Å²) in [6.07, 6.45) is 2.75. The number of carbonyl (C=O) groups excluding carboxylic acids is 1. The molecule has 0 aliphatic heterocycles. The Labute approximate surface area is 121 Å². The number of nitrogens with two attached hydrogens (primary N) is 1. The van der Waals surface area contributed by atoms with Crippen molar-refractivity contribution in [1.29, 1.82) is 0 Å². The molecule has 20 heavy (non-hydrogen) atoms. The van der Waals surface area contributed by atoms with Gasteiger partial charge < -0.3 is 15.8 Å². The van der Waals surface area contributed by atoms with Crippen molar-refractivity contribution in [2.75, 3.05) is 6.61 Å². The van der Waals surface area contributed by atoms with E-state index in [-0.39, 0.29) is 11.9 Å². The van der Waals surface area contributed by atoms with Gasteiger partial charge in [-0.2, -0.15) is 0 Å². The third-order valence-electron chi connectivity index (χ3n) is 3.12. The van der Waals surface area contributed by atoms with Crippen molar-refractivity contribution in [3.05, 3.63) is 29.8 Å². The summed E-state index contributed by atoms with van der Waals surface area (Å²) in [4.78, 5) is 11.8. The van der Waals surface area contributed by atoms with Gasteiger partial charge in [-0.05, 0) is 32.4 Å². The third-order valence-corrected chi connectivity index (χ3v) is 3.12. The van der Waals surface area contributed by atoms with E-state index in [1.165, 1.54) is 5.56 Å². The van der Waals surface area contributed by atoms with Gasteiger partial charge in [-0.25, -0.2) is 0 Å². The van der Waals surface area contributed by atoms with E-state index in [0.29, 0.717) is 6.61 Å². The van der Waals surface area contributed by atoms with E-state index in [0.717, 1.165) is 25.0 Å². The molecule has 4 nitrogen and oxygen atoms in total. The summed E-state index contributed by atoms with van der Waals surface area (Å²) >= 11 is 0. The quantitative estimate of drug-likeness (QED) is 0.767. The SMILES string of the molecule is CCCCC(N)C(=O)NC(C)COc1ccc(C)cc1. The highest BCUT2D eigenvalue weighted by Crippen LogP contribution is 2.11. The first-order chi connectivity index (χ1) is 9.52. The molecule has 0 saturated carbocycles. The Balaban J connectivity index is 2.30. The predicted octanol–water partition coefficient (Wildman–Crippen LogP) is 2.40. The molecule has 0 radical (unpaired) electrons. The number of unbranched alkanes of at least 4 members (excludes halogenated alkanes) is 1. The first-order valence-corrected chi connectivity index (χ1v) is 7.28. The van der Waals surface area contributed by atoms with E-state index >= 15 is 0 Å². The molecule has 0 aliphatic rings.